The van der Waals surface area contributed by atoms with E-state index in [4.69, 9.17) is 4.74 Å². The molecule has 0 saturated carbocycles. The van der Waals surface area contributed by atoms with Gasteiger partial charge in [-0.25, -0.2) is 0 Å². The van der Waals surface area contributed by atoms with Gasteiger partial charge >= 0.3 is 0 Å². The van der Waals surface area contributed by atoms with Gasteiger partial charge in [0.15, 0.2) is 0 Å². The van der Waals surface area contributed by atoms with E-state index in [0.29, 0.717) is 6.04 Å². The lowest BCUT2D eigenvalue weighted by atomic mass is 9.88. The van der Waals surface area contributed by atoms with Gasteiger partial charge in [-0.1, -0.05) is 24.6 Å². The molecule has 6 heteroatoms. The molecule has 0 spiro atoms. The molecule has 182 valence electrons. The Morgan fingerprint density at radius 1 is 0.941 bits per heavy atom. The van der Waals surface area contributed by atoms with Crippen molar-refractivity contribution in [2.45, 2.75) is 70.4 Å². The summed E-state index contributed by atoms with van der Waals surface area (Å²) in [7, 11) is 1.67. The SMILES string of the molecule is COc1ccccc1-c1cc(=O)n(CC(=O)N2CCC(N3CCCCC3)CC2)c2c1CCCC2. The van der Waals surface area contributed by atoms with Crippen molar-refractivity contribution < 1.29 is 9.53 Å². The number of benzene rings is 1. The van der Waals surface area contributed by atoms with Crippen LogP contribution in [0.1, 0.15) is 56.2 Å². The van der Waals surface area contributed by atoms with E-state index in [1.807, 2.05) is 29.2 Å². The number of hydrogen-bond donors (Lipinski definition) is 0. The van der Waals surface area contributed by atoms with Crippen LogP contribution in [0.25, 0.3) is 11.1 Å². The Balaban J connectivity index is 1.35. The fourth-order valence-electron chi connectivity index (χ4n) is 6.18. The van der Waals surface area contributed by atoms with Crippen LogP contribution in [0.5, 0.6) is 5.75 Å². The maximum absolute atomic E-state index is 13.3. The van der Waals surface area contributed by atoms with E-state index in [2.05, 4.69) is 4.90 Å². The average Bonchev–Trinajstić information content (AvgIpc) is 2.90. The summed E-state index contributed by atoms with van der Waals surface area (Å²) >= 11 is 0. The maximum atomic E-state index is 13.3. The van der Waals surface area contributed by atoms with E-state index >= 15 is 0 Å². The van der Waals surface area contributed by atoms with Crippen LogP contribution in [-0.4, -0.2) is 59.6 Å². The Labute approximate surface area is 202 Å². The maximum Gasteiger partial charge on any atom is 0.251 e. The van der Waals surface area contributed by atoms with Gasteiger partial charge in [0.05, 0.1) is 7.11 Å². The number of hydrogen-bond acceptors (Lipinski definition) is 4. The van der Waals surface area contributed by atoms with E-state index in [-0.39, 0.29) is 18.0 Å². The molecule has 34 heavy (non-hydrogen) atoms. The van der Waals surface area contributed by atoms with Crippen LogP contribution in [0, 0.1) is 0 Å². The Morgan fingerprint density at radius 2 is 1.68 bits per heavy atom. The number of para-hydroxylation sites is 1. The summed E-state index contributed by atoms with van der Waals surface area (Å²) in [5.41, 5.74) is 4.07. The molecular formula is C28H37N3O3. The van der Waals surface area contributed by atoms with E-state index in [9.17, 15) is 9.59 Å². The standard InChI is InChI=1S/C28H37N3O3/c1-34-26-12-6-4-10-23(26)24-19-27(32)31(25-11-5-3-9-22(24)25)20-28(33)30-17-13-21(14-18-30)29-15-7-2-8-16-29/h4,6,10,12,19,21H,2-3,5,7-9,11,13-18,20H2,1H3. The summed E-state index contributed by atoms with van der Waals surface area (Å²) in [5, 5.41) is 0. The lowest BCUT2D eigenvalue weighted by molar-refractivity contribution is -0.133. The molecule has 2 saturated heterocycles. The highest BCUT2D eigenvalue weighted by Crippen LogP contribution is 2.35. The normalized spacial score (nSPS) is 19.6. The Bertz CT molecular complexity index is 1080. The van der Waals surface area contributed by atoms with Gasteiger partial charge in [-0.2, -0.15) is 0 Å². The second-order valence-electron chi connectivity index (χ2n) is 10.0. The van der Waals surface area contributed by atoms with Gasteiger partial charge in [-0.05, 0) is 81.6 Å². The minimum absolute atomic E-state index is 0.0806. The number of aromatic nitrogens is 1. The highest BCUT2D eigenvalue weighted by Gasteiger charge is 2.29. The topological polar surface area (TPSA) is 54.8 Å². The lowest BCUT2D eigenvalue weighted by Crippen LogP contribution is -2.49. The van der Waals surface area contributed by atoms with Crippen molar-refractivity contribution >= 4 is 5.91 Å². The van der Waals surface area contributed by atoms with Crippen LogP contribution in [0.3, 0.4) is 0 Å². The number of nitrogens with zero attached hydrogens (tertiary/aromatic N) is 3. The zero-order chi connectivity index (χ0) is 23.5. The fourth-order valence-corrected chi connectivity index (χ4v) is 6.18. The third-order valence-electron chi connectivity index (χ3n) is 8.04. The molecule has 3 aliphatic rings. The average molecular weight is 464 g/mol. The molecule has 0 N–H and O–H groups in total. The molecule has 0 unspecified atom stereocenters. The second kappa shape index (κ2) is 10.3. The van der Waals surface area contributed by atoms with Crippen molar-refractivity contribution in [1.82, 2.24) is 14.4 Å². The molecule has 3 heterocycles. The van der Waals surface area contributed by atoms with Gasteiger partial charge < -0.3 is 19.1 Å². The van der Waals surface area contributed by atoms with Crippen molar-refractivity contribution in [3.63, 3.8) is 0 Å². The zero-order valence-electron chi connectivity index (χ0n) is 20.4. The second-order valence-corrected chi connectivity index (χ2v) is 10.0. The van der Waals surface area contributed by atoms with Crippen LogP contribution in [-0.2, 0) is 24.2 Å². The predicted octanol–water partition coefficient (Wildman–Crippen LogP) is 3.88. The van der Waals surface area contributed by atoms with E-state index in [1.165, 1.54) is 37.9 Å². The molecule has 1 aromatic heterocycles. The number of carbonyl (C=O) groups excluding carboxylic acids is 1. The molecule has 0 radical (unpaired) electrons. The molecule has 2 aromatic rings. The van der Waals surface area contributed by atoms with Crippen LogP contribution < -0.4 is 10.3 Å². The Morgan fingerprint density at radius 3 is 2.44 bits per heavy atom. The number of methoxy groups -OCH3 is 1. The van der Waals surface area contributed by atoms with Crippen LogP contribution >= 0.6 is 0 Å². The van der Waals surface area contributed by atoms with Crippen LogP contribution in [0.4, 0.5) is 0 Å². The first-order valence-corrected chi connectivity index (χ1v) is 13.1. The first-order valence-electron chi connectivity index (χ1n) is 13.1. The molecule has 1 amide bonds. The molecule has 6 nitrogen and oxygen atoms in total. The smallest absolute Gasteiger partial charge is 0.251 e. The van der Waals surface area contributed by atoms with E-state index in [0.717, 1.165) is 74.2 Å². The monoisotopic (exact) mass is 463 g/mol. The molecule has 1 aromatic carbocycles. The molecule has 0 bridgehead atoms. The molecule has 1 aliphatic carbocycles. The predicted molar refractivity (Wildman–Crippen MR) is 134 cm³/mol. The molecule has 0 atom stereocenters. The number of carbonyl (C=O) groups is 1. The number of amides is 1. The van der Waals surface area contributed by atoms with Crippen LogP contribution in [0.15, 0.2) is 35.1 Å². The minimum Gasteiger partial charge on any atom is -0.496 e. The molecule has 5 rings (SSSR count). The highest BCUT2D eigenvalue weighted by atomic mass is 16.5. The number of ether oxygens (including phenoxy) is 1. The summed E-state index contributed by atoms with van der Waals surface area (Å²) in [6, 6.07) is 10.2. The summed E-state index contributed by atoms with van der Waals surface area (Å²) in [6.45, 7) is 4.17. The van der Waals surface area contributed by atoms with Crippen molar-refractivity contribution in [3.05, 3.63) is 51.9 Å². The van der Waals surface area contributed by atoms with Gasteiger partial charge in [-0.3, -0.25) is 9.59 Å². The number of rotatable bonds is 5. The summed E-state index contributed by atoms with van der Waals surface area (Å²) in [6.07, 6.45) is 9.98. The highest BCUT2D eigenvalue weighted by molar-refractivity contribution is 5.77. The zero-order valence-corrected chi connectivity index (χ0v) is 20.4. The van der Waals surface area contributed by atoms with Crippen LogP contribution in [0.2, 0.25) is 0 Å². The summed E-state index contributed by atoms with van der Waals surface area (Å²) in [5.74, 6) is 0.858. The largest absolute Gasteiger partial charge is 0.496 e. The van der Waals surface area contributed by atoms with Crippen molar-refractivity contribution in [3.8, 4) is 16.9 Å². The number of likely N-dealkylation sites (tertiary alicyclic amines) is 2. The minimum atomic E-state index is -0.0851. The van der Waals surface area contributed by atoms with E-state index in [1.54, 1.807) is 17.7 Å². The summed E-state index contributed by atoms with van der Waals surface area (Å²) in [4.78, 5) is 31.2. The molecule has 2 aliphatic heterocycles. The number of fused-ring (bicyclic) bond motifs is 1. The third-order valence-corrected chi connectivity index (χ3v) is 8.04. The molecular weight excluding hydrogens is 426 g/mol. The summed E-state index contributed by atoms with van der Waals surface area (Å²) < 4.78 is 7.34. The first-order chi connectivity index (χ1) is 16.7. The van der Waals surface area contributed by atoms with Gasteiger partial charge in [0.25, 0.3) is 5.56 Å². The molecule has 2 fully saturated rings. The van der Waals surface area contributed by atoms with Gasteiger partial charge in [-0.15, -0.1) is 0 Å². The lowest BCUT2D eigenvalue weighted by Gasteiger charge is -2.40. The van der Waals surface area contributed by atoms with Crippen molar-refractivity contribution in [2.24, 2.45) is 0 Å². The van der Waals surface area contributed by atoms with Gasteiger partial charge in [0.1, 0.15) is 12.3 Å². The number of piperidine rings is 2. The number of pyridine rings is 1. The van der Waals surface area contributed by atoms with Gasteiger partial charge in [0, 0.05) is 36.5 Å². The van der Waals surface area contributed by atoms with Gasteiger partial charge in [0.2, 0.25) is 5.91 Å². The van der Waals surface area contributed by atoms with E-state index < -0.39 is 0 Å². The Kier molecular flexibility index (Phi) is 7.05. The van der Waals surface area contributed by atoms with Crippen molar-refractivity contribution in [1.29, 1.82) is 0 Å². The first kappa shape index (κ1) is 23.2. The third kappa shape index (κ3) is 4.65. The Hall–Kier alpha value is -2.60. The fraction of sp³-hybridized carbons (Fsp3) is 0.571. The quantitative estimate of drug-likeness (QED) is 0.675. The van der Waals surface area contributed by atoms with Crippen molar-refractivity contribution in [2.75, 3.05) is 33.3 Å².